The van der Waals surface area contributed by atoms with Gasteiger partial charge in [-0.1, -0.05) is 12.1 Å². The highest BCUT2D eigenvalue weighted by molar-refractivity contribution is 9.11. The minimum atomic E-state index is -3.56. The van der Waals surface area contributed by atoms with E-state index in [1.807, 2.05) is 32.0 Å². The number of benzene rings is 1. The fourth-order valence-electron chi connectivity index (χ4n) is 3.42. The summed E-state index contributed by atoms with van der Waals surface area (Å²) in [7, 11) is -1.79. The summed E-state index contributed by atoms with van der Waals surface area (Å²) in [6.07, 6.45) is 1.39. The van der Waals surface area contributed by atoms with Crippen molar-refractivity contribution in [3.63, 3.8) is 0 Å². The van der Waals surface area contributed by atoms with E-state index in [1.54, 1.807) is 24.1 Å². The molecule has 0 saturated carbocycles. The Kier molecular flexibility index (Phi) is 6.10. The molecule has 1 atom stereocenters. The summed E-state index contributed by atoms with van der Waals surface area (Å²) in [5.74, 6) is -0.363. The number of amides is 1. The van der Waals surface area contributed by atoms with Gasteiger partial charge in [0, 0.05) is 25.8 Å². The number of nitrogens with zero attached hydrogens (tertiary/aromatic N) is 2. The zero-order valence-electron chi connectivity index (χ0n) is 15.6. The molecule has 3 rings (SSSR count). The first-order valence-electron chi connectivity index (χ1n) is 8.81. The molecule has 27 heavy (non-hydrogen) atoms. The average Bonchev–Trinajstić information content (AvgIpc) is 3.10. The van der Waals surface area contributed by atoms with Gasteiger partial charge in [-0.05, 0) is 71.9 Å². The molecular weight excluding hydrogens is 448 g/mol. The Balaban J connectivity index is 1.79. The van der Waals surface area contributed by atoms with Crippen molar-refractivity contribution >= 4 is 48.9 Å². The molecule has 0 radical (unpaired) electrons. The third-order valence-electron chi connectivity index (χ3n) is 5.14. The van der Waals surface area contributed by atoms with Gasteiger partial charge in [0.1, 0.15) is 4.21 Å². The lowest BCUT2D eigenvalue weighted by Gasteiger charge is -2.33. The van der Waals surface area contributed by atoms with E-state index in [4.69, 9.17) is 0 Å². The minimum Gasteiger partial charge on any atom is -0.315 e. The Morgan fingerprint density at radius 2 is 2.00 bits per heavy atom. The standard InChI is InChI=1S/C19H23BrN2O3S2/c1-13-6-4-8-16(14(13)2)21(3)19(23)15-7-5-11-22(12-15)27(24,25)18-10-9-17(20)26-18/h4,6,8-10,15H,5,7,11-12H2,1-3H3. The molecule has 1 aromatic carbocycles. The number of carbonyl (C=O) groups is 1. The number of hydrogen-bond acceptors (Lipinski definition) is 4. The van der Waals surface area contributed by atoms with Crippen LogP contribution in [0.5, 0.6) is 0 Å². The van der Waals surface area contributed by atoms with Crippen molar-refractivity contribution < 1.29 is 13.2 Å². The molecule has 0 aliphatic carbocycles. The second-order valence-corrected chi connectivity index (χ2v) is 11.5. The van der Waals surface area contributed by atoms with Crippen molar-refractivity contribution in [3.05, 3.63) is 45.2 Å². The molecule has 0 N–H and O–H groups in total. The molecule has 1 aromatic heterocycles. The van der Waals surface area contributed by atoms with E-state index < -0.39 is 10.0 Å². The zero-order chi connectivity index (χ0) is 19.8. The molecule has 0 spiro atoms. The molecular formula is C19H23BrN2O3S2. The first kappa shape index (κ1) is 20.5. The third-order valence-corrected chi connectivity index (χ3v) is 9.10. The van der Waals surface area contributed by atoms with Gasteiger partial charge in [-0.25, -0.2) is 8.42 Å². The van der Waals surface area contributed by atoms with Crippen molar-refractivity contribution in [2.75, 3.05) is 25.0 Å². The highest BCUT2D eigenvalue weighted by Crippen LogP contribution is 2.32. The smallest absolute Gasteiger partial charge is 0.252 e. The molecule has 2 heterocycles. The van der Waals surface area contributed by atoms with Gasteiger partial charge in [0.25, 0.3) is 10.0 Å². The quantitative estimate of drug-likeness (QED) is 0.672. The van der Waals surface area contributed by atoms with E-state index in [-0.39, 0.29) is 18.4 Å². The Labute approximate surface area is 173 Å². The van der Waals surface area contributed by atoms with Crippen LogP contribution in [0.15, 0.2) is 38.3 Å². The van der Waals surface area contributed by atoms with E-state index in [1.165, 1.54) is 15.6 Å². The lowest BCUT2D eigenvalue weighted by molar-refractivity contribution is -0.123. The first-order valence-corrected chi connectivity index (χ1v) is 11.9. The number of carbonyl (C=O) groups excluding carboxylic acids is 1. The summed E-state index contributed by atoms with van der Waals surface area (Å²) in [6.45, 7) is 4.70. The molecule has 1 amide bonds. The number of sulfonamides is 1. The van der Waals surface area contributed by atoms with Crippen LogP contribution in [0.1, 0.15) is 24.0 Å². The Bertz CT molecular complexity index is 956. The molecule has 1 unspecified atom stereocenters. The summed E-state index contributed by atoms with van der Waals surface area (Å²) in [5.41, 5.74) is 3.07. The van der Waals surface area contributed by atoms with Crippen LogP contribution in [-0.2, 0) is 14.8 Å². The minimum absolute atomic E-state index is 0.0315. The maximum Gasteiger partial charge on any atom is 0.252 e. The molecule has 5 nitrogen and oxygen atoms in total. The van der Waals surface area contributed by atoms with Gasteiger partial charge < -0.3 is 4.90 Å². The molecule has 1 aliphatic heterocycles. The monoisotopic (exact) mass is 470 g/mol. The van der Waals surface area contributed by atoms with Crippen LogP contribution in [-0.4, -0.2) is 38.8 Å². The Morgan fingerprint density at radius 1 is 1.26 bits per heavy atom. The maximum atomic E-state index is 13.1. The van der Waals surface area contributed by atoms with Crippen LogP contribution in [0.25, 0.3) is 0 Å². The van der Waals surface area contributed by atoms with Crippen molar-refractivity contribution in [1.82, 2.24) is 4.31 Å². The topological polar surface area (TPSA) is 57.7 Å². The van der Waals surface area contributed by atoms with Crippen molar-refractivity contribution in [2.45, 2.75) is 30.9 Å². The molecule has 0 bridgehead atoms. The average molecular weight is 471 g/mol. The number of thiophene rings is 1. The van der Waals surface area contributed by atoms with Crippen LogP contribution in [0.3, 0.4) is 0 Å². The second kappa shape index (κ2) is 8.03. The zero-order valence-corrected chi connectivity index (χ0v) is 18.8. The predicted octanol–water partition coefficient (Wildman–Crippen LogP) is 4.19. The van der Waals surface area contributed by atoms with Crippen molar-refractivity contribution in [2.24, 2.45) is 5.92 Å². The summed E-state index contributed by atoms with van der Waals surface area (Å²) in [4.78, 5) is 14.7. The van der Waals surface area contributed by atoms with E-state index >= 15 is 0 Å². The fraction of sp³-hybridized carbons (Fsp3) is 0.421. The number of rotatable bonds is 4. The van der Waals surface area contributed by atoms with Crippen molar-refractivity contribution in [3.8, 4) is 0 Å². The second-order valence-electron chi connectivity index (χ2n) is 6.88. The maximum absolute atomic E-state index is 13.1. The van der Waals surface area contributed by atoms with E-state index in [9.17, 15) is 13.2 Å². The molecule has 8 heteroatoms. The normalized spacial score (nSPS) is 18.4. The largest absolute Gasteiger partial charge is 0.315 e. The third kappa shape index (κ3) is 4.13. The van der Waals surface area contributed by atoms with Crippen molar-refractivity contribution in [1.29, 1.82) is 0 Å². The highest BCUT2D eigenvalue weighted by atomic mass is 79.9. The van der Waals surface area contributed by atoms with Gasteiger partial charge in [-0.15, -0.1) is 11.3 Å². The summed E-state index contributed by atoms with van der Waals surface area (Å²) in [5, 5.41) is 0. The molecule has 146 valence electrons. The molecule has 1 saturated heterocycles. The number of anilines is 1. The van der Waals surface area contributed by atoms with Gasteiger partial charge in [0.2, 0.25) is 5.91 Å². The van der Waals surface area contributed by atoms with E-state index in [0.717, 1.165) is 20.6 Å². The summed E-state index contributed by atoms with van der Waals surface area (Å²) < 4.78 is 28.3. The van der Waals surface area contributed by atoms with Gasteiger partial charge in [0.15, 0.2) is 0 Å². The van der Waals surface area contributed by atoms with E-state index in [0.29, 0.717) is 23.6 Å². The number of aryl methyl sites for hydroxylation is 1. The predicted molar refractivity (Wildman–Crippen MR) is 113 cm³/mol. The highest BCUT2D eigenvalue weighted by Gasteiger charge is 2.35. The lowest BCUT2D eigenvalue weighted by Crippen LogP contribution is -2.45. The number of hydrogen-bond donors (Lipinski definition) is 0. The van der Waals surface area contributed by atoms with Gasteiger partial charge in [0.05, 0.1) is 9.70 Å². The number of halogens is 1. The van der Waals surface area contributed by atoms with Crippen LogP contribution >= 0.6 is 27.3 Å². The van der Waals surface area contributed by atoms with Crippen LogP contribution in [0, 0.1) is 19.8 Å². The Hall–Kier alpha value is -1.22. The molecule has 1 aliphatic rings. The van der Waals surface area contributed by atoms with Crippen LogP contribution in [0.2, 0.25) is 0 Å². The SMILES string of the molecule is Cc1cccc(N(C)C(=O)C2CCCN(S(=O)(=O)c3ccc(Br)s3)C2)c1C. The Morgan fingerprint density at radius 3 is 2.67 bits per heavy atom. The van der Waals surface area contributed by atoms with Crippen LogP contribution < -0.4 is 4.90 Å². The lowest BCUT2D eigenvalue weighted by atomic mass is 9.97. The summed E-state index contributed by atoms with van der Waals surface area (Å²) >= 11 is 4.51. The first-order chi connectivity index (χ1) is 12.7. The van der Waals surface area contributed by atoms with Crippen LogP contribution in [0.4, 0.5) is 5.69 Å². The van der Waals surface area contributed by atoms with Gasteiger partial charge in [-0.3, -0.25) is 4.79 Å². The van der Waals surface area contributed by atoms with E-state index in [2.05, 4.69) is 15.9 Å². The molecule has 1 fully saturated rings. The van der Waals surface area contributed by atoms with Gasteiger partial charge in [-0.2, -0.15) is 4.31 Å². The fourth-order valence-corrected chi connectivity index (χ4v) is 7.11. The molecule has 2 aromatic rings. The number of piperidine rings is 1. The van der Waals surface area contributed by atoms with Gasteiger partial charge >= 0.3 is 0 Å². The summed E-state index contributed by atoms with van der Waals surface area (Å²) in [6, 6.07) is 9.23.